The molecule has 74 valence electrons. The lowest BCUT2D eigenvalue weighted by Crippen LogP contribution is -2.10. The van der Waals surface area contributed by atoms with Crippen LogP contribution in [0.2, 0.25) is 0 Å². The highest BCUT2D eigenvalue weighted by Crippen LogP contribution is 2.08. The Labute approximate surface area is 78.4 Å². The van der Waals surface area contributed by atoms with E-state index >= 15 is 0 Å². The zero-order valence-electron chi connectivity index (χ0n) is 8.19. The molecule has 0 heterocycles. The number of carbonyl (C=O) groups is 1. The Morgan fingerprint density at radius 2 is 1.85 bits per heavy atom. The Hall–Kier alpha value is -1.09. The first kappa shape index (κ1) is 11.9. The van der Waals surface area contributed by atoms with Gasteiger partial charge in [0.25, 0.3) is 0 Å². The van der Waals surface area contributed by atoms with Crippen LogP contribution in [0.3, 0.4) is 0 Å². The third kappa shape index (κ3) is 6.11. The third-order valence-corrected chi connectivity index (χ3v) is 1.78. The van der Waals surface area contributed by atoms with Crippen LogP contribution in [-0.4, -0.2) is 22.3 Å². The normalized spacial score (nSPS) is 17.4. The first-order chi connectivity index (χ1) is 5.93. The van der Waals surface area contributed by atoms with Gasteiger partial charge in [0.2, 0.25) is 0 Å². The number of aliphatic carboxylic acids is 1. The molecule has 2 atom stereocenters. The summed E-state index contributed by atoms with van der Waals surface area (Å²) in [6.07, 6.45) is 4.03. The second kappa shape index (κ2) is 5.54. The van der Waals surface area contributed by atoms with Crippen molar-refractivity contribution in [1.29, 1.82) is 0 Å². The first-order valence-electron chi connectivity index (χ1n) is 4.21. The maximum atomic E-state index is 10.2. The number of rotatable bonds is 4. The molecule has 0 unspecified atom stereocenters. The molecule has 0 spiro atoms. The Morgan fingerprint density at radius 1 is 1.31 bits per heavy atom. The maximum absolute atomic E-state index is 10.2. The third-order valence-electron chi connectivity index (χ3n) is 1.78. The van der Waals surface area contributed by atoms with Gasteiger partial charge in [0.15, 0.2) is 0 Å². The van der Waals surface area contributed by atoms with Crippen LogP contribution in [0.5, 0.6) is 0 Å². The van der Waals surface area contributed by atoms with Crippen LogP contribution in [0, 0.1) is 5.92 Å². The van der Waals surface area contributed by atoms with E-state index in [4.69, 9.17) is 10.2 Å². The molecule has 0 aliphatic heterocycles. The highest BCUT2D eigenvalue weighted by atomic mass is 16.4. The molecule has 0 bridgehead atoms. The average molecular weight is 184 g/mol. The van der Waals surface area contributed by atoms with Crippen molar-refractivity contribution in [2.75, 3.05) is 0 Å². The van der Waals surface area contributed by atoms with Gasteiger partial charge in [-0.1, -0.05) is 24.6 Å². The molecule has 0 aliphatic carbocycles. The highest BCUT2D eigenvalue weighted by Gasteiger charge is 2.04. The largest absolute Gasteiger partial charge is 0.478 e. The lowest BCUT2D eigenvalue weighted by atomic mass is 10.0. The number of carboxylic acid groups (broad SMARTS) is 1. The second-order valence-electron chi connectivity index (χ2n) is 3.18. The van der Waals surface area contributed by atoms with Gasteiger partial charge in [0, 0.05) is 12.0 Å². The zero-order valence-corrected chi connectivity index (χ0v) is 8.19. The topological polar surface area (TPSA) is 57.5 Å². The predicted molar refractivity (Wildman–Crippen MR) is 51.4 cm³/mol. The fourth-order valence-electron chi connectivity index (χ4n) is 0.812. The molecule has 0 rings (SSSR count). The minimum Gasteiger partial charge on any atom is -0.478 e. The van der Waals surface area contributed by atoms with Crippen LogP contribution in [0.25, 0.3) is 0 Å². The van der Waals surface area contributed by atoms with Crippen LogP contribution in [0.1, 0.15) is 20.8 Å². The van der Waals surface area contributed by atoms with Crippen molar-refractivity contribution in [1.82, 2.24) is 0 Å². The Balaban J connectivity index is 4.24. The number of aliphatic hydroxyl groups is 1. The van der Waals surface area contributed by atoms with Gasteiger partial charge < -0.3 is 10.2 Å². The summed E-state index contributed by atoms with van der Waals surface area (Å²) in [5.74, 6) is -0.920. The summed E-state index contributed by atoms with van der Waals surface area (Å²) in [5, 5.41) is 17.5. The van der Waals surface area contributed by atoms with Crippen molar-refractivity contribution in [3.8, 4) is 0 Å². The molecule has 0 radical (unpaired) electrons. The summed E-state index contributed by atoms with van der Waals surface area (Å²) in [6, 6.07) is 0. The summed E-state index contributed by atoms with van der Waals surface area (Å²) in [5.41, 5.74) is 0.843. The molecule has 0 saturated carbocycles. The molecule has 13 heavy (non-hydrogen) atoms. The van der Waals surface area contributed by atoms with E-state index in [-0.39, 0.29) is 5.92 Å². The minimum atomic E-state index is -0.961. The number of hydrogen-bond donors (Lipinski definition) is 2. The first-order valence-corrected chi connectivity index (χ1v) is 4.21. The van der Waals surface area contributed by atoms with Crippen molar-refractivity contribution in [3.05, 3.63) is 23.8 Å². The highest BCUT2D eigenvalue weighted by molar-refractivity contribution is 5.80. The van der Waals surface area contributed by atoms with Gasteiger partial charge in [0.1, 0.15) is 0 Å². The van der Waals surface area contributed by atoms with Crippen molar-refractivity contribution in [2.45, 2.75) is 26.9 Å². The summed E-state index contributed by atoms with van der Waals surface area (Å²) in [4.78, 5) is 10.2. The number of aliphatic hydroxyl groups excluding tert-OH is 1. The second-order valence-corrected chi connectivity index (χ2v) is 3.18. The molecule has 0 aliphatic rings. The van der Waals surface area contributed by atoms with Crippen LogP contribution in [0.15, 0.2) is 23.8 Å². The molecule has 0 fully saturated rings. The van der Waals surface area contributed by atoms with Gasteiger partial charge in [-0.05, 0) is 13.8 Å². The standard InChI is InChI=1S/C10H16O3/c1-7(4-5-10(12)13)6-8(2)9(3)11/h4-6,8-9,11H,1-3H3,(H,12,13)/b5-4+,7-6+/t8-,9+/m0/s1. The summed E-state index contributed by atoms with van der Waals surface area (Å²) in [6.45, 7) is 5.39. The lowest BCUT2D eigenvalue weighted by molar-refractivity contribution is -0.131. The van der Waals surface area contributed by atoms with Gasteiger partial charge in [-0.15, -0.1) is 0 Å². The fourth-order valence-corrected chi connectivity index (χ4v) is 0.812. The van der Waals surface area contributed by atoms with E-state index in [1.165, 1.54) is 6.08 Å². The molecule has 3 heteroatoms. The van der Waals surface area contributed by atoms with Gasteiger partial charge >= 0.3 is 5.97 Å². The molecule has 0 aromatic carbocycles. The van der Waals surface area contributed by atoms with E-state index in [1.54, 1.807) is 13.8 Å². The summed E-state index contributed by atoms with van der Waals surface area (Å²) in [7, 11) is 0. The number of carboxylic acids is 1. The van der Waals surface area contributed by atoms with Crippen molar-refractivity contribution < 1.29 is 15.0 Å². The van der Waals surface area contributed by atoms with Crippen molar-refractivity contribution >= 4 is 5.97 Å². The fraction of sp³-hybridized carbons (Fsp3) is 0.500. The average Bonchev–Trinajstić information content (AvgIpc) is 2.00. The summed E-state index contributed by atoms with van der Waals surface area (Å²) >= 11 is 0. The number of allylic oxidation sites excluding steroid dienone is 2. The van der Waals surface area contributed by atoms with E-state index in [1.807, 2.05) is 13.0 Å². The Bertz CT molecular complexity index is 226. The van der Waals surface area contributed by atoms with Gasteiger partial charge in [-0.3, -0.25) is 0 Å². The van der Waals surface area contributed by atoms with Gasteiger partial charge in [-0.25, -0.2) is 4.79 Å². The van der Waals surface area contributed by atoms with Crippen LogP contribution in [-0.2, 0) is 4.79 Å². The van der Waals surface area contributed by atoms with E-state index in [9.17, 15) is 4.79 Å². The number of hydrogen-bond acceptors (Lipinski definition) is 2. The van der Waals surface area contributed by atoms with Crippen LogP contribution in [0.4, 0.5) is 0 Å². The van der Waals surface area contributed by atoms with E-state index in [2.05, 4.69) is 0 Å². The van der Waals surface area contributed by atoms with Crippen LogP contribution >= 0.6 is 0 Å². The monoisotopic (exact) mass is 184 g/mol. The SMILES string of the molecule is CC(/C=C/C(=O)O)=C\[C@H](C)[C@@H](C)O. The molecule has 0 amide bonds. The molecular weight excluding hydrogens is 168 g/mol. The molecular formula is C10H16O3. The zero-order chi connectivity index (χ0) is 10.4. The lowest BCUT2D eigenvalue weighted by Gasteiger charge is -2.09. The molecule has 3 nitrogen and oxygen atoms in total. The Kier molecular flexibility index (Phi) is 5.07. The maximum Gasteiger partial charge on any atom is 0.328 e. The van der Waals surface area contributed by atoms with Crippen molar-refractivity contribution in [2.24, 2.45) is 5.92 Å². The molecule has 0 aromatic rings. The quantitative estimate of drug-likeness (QED) is 0.515. The van der Waals surface area contributed by atoms with E-state index in [0.29, 0.717) is 0 Å². The van der Waals surface area contributed by atoms with Crippen molar-refractivity contribution in [3.63, 3.8) is 0 Å². The van der Waals surface area contributed by atoms with E-state index < -0.39 is 12.1 Å². The van der Waals surface area contributed by atoms with Gasteiger partial charge in [0.05, 0.1) is 6.10 Å². The smallest absolute Gasteiger partial charge is 0.328 e. The molecule has 2 N–H and O–H groups in total. The minimum absolute atomic E-state index is 0.0402. The predicted octanol–water partition coefficient (Wildman–Crippen LogP) is 1.59. The molecule has 0 saturated heterocycles. The van der Waals surface area contributed by atoms with Gasteiger partial charge in [-0.2, -0.15) is 0 Å². The molecule has 0 aromatic heterocycles. The summed E-state index contributed by atoms with van der Waals surface area (Å²) < 4.78 is 0. The van der Waals surface area contributed by atoms with Crippen LogP contribution < -0.4 is 0 Å². The van der Waals surface area contributed by atoms with E-state index in [0.717, 1.165) is 11.6 Å². The Morgan fingerprint density at radius 3 is 2.23 bits per heavy atom.